The van der Waals surface area contributed by atoms with E-state index in [9.17, 15) is 5.11 Å². The number of pyridine rings is 1. The van der Waals surface area contributed by atoms with Crippen molar-refractivity contribution in [1.29, 1.82) is 0 Å². The van der Waals surface area contributed by atoms with Crippen LogP contribution >= 0.6 is 22.6 Å². The SMILES string of the molecule is CC(C)(C)CNCc1cc(Nc2ccnc3cc(I)ccc23)ccc1O. The quantitative estimate of drug-likeness (QED) is 0.351. The minimum absolute atomic E-state index is 0.207. The van der Waals surface area contributed by atoms with Crippen LogP contribution in [-0.4, -0.2) is 16.6 Å². The molecule has 0 aliphatic rings. The van der Waals surface area contributed by atoms with Crippen molar-refractivity contribution in [3.8, 4) is 5.75 Å². The van der Waals surface area contributed by atoms with E-state index >= 15 is 0 Å². The van der Waals surface area contributed by atoms with Gasteiger partial charge in [-0.25, -0.2) is 0 Å². The molecule has 0 saturated carbocycles. The Labute approximate surface area is 168 Å². The summed E-state index contributed by atoms with van der Waals surface area (Å²) in [5, 5.41) is 18.1. The summed E-state index contributed by atoms with van der Waals surface area (Å²) in [5.41, 5.74) is 4.01. The number of phenols is 1. The zero-order valence-corrected chi connectivity index (χ0v) is 17.5. The molecule has 1 heterocycles. The lowest BCUT2D eigenvalue weighted by molar-refractivity contribution is 0.376. The molecule has 0 radical (unpaired) electrons. The van der Waals surface area contributed by atoms with E-state index in [1.807, 2.05) is 24.4 Å². The van der Waals surface area contributed by atoms with E-state index in [4.69, 9.17) is 0 Å². The molecule has 0 unspecified atom stereocenters. The van der Waals surface area contributed by atoms with E-state index < -0.39 is 0 Å². The van der Waals surface area contributed by atoms with Crippen molar-refractivity contribution in [3.05, 3.63) is 57.8 Å². The third-order valence-electron chi connectivity index (χ3n) is 4.03. The van der Waals surface area contributed by atoms with Gasteiger partial charge in [-0.05, 0) is 70.5 Å². The fourth-order valence-electron chi connectivity index (χ4n) is 2.76. The molecule has 0 bridgehead atoms. The lowest BCUT2D eigenvalue weighted by Crippen LogP contribution is -2.26. The van der Waals surface area contributed by atoms with Crippen molar-refractivity contribution in [2.75, 3.05) is 11.9 Å². The number of anilines is 2. The smallest absolute Gasteiger partial charge is 0.120 e. The van der Waals surface area contributed by atoms with Crippen molar-refractivity contribution in [2.24, 2.45) is 5.41 Å². The average molecular weight is 461 g/mol. The van der Waals surface area contributed by atoms with Crippen LogP contribution in [0, 0.1) is 8.99 Å². The first-order chi connectivity index (χ1) is 12.3. The highest BCUT2D eigenvalue weighted by atomic mass is 127. The van der Waals surface area contributed by atoms with E-state index in [-0.39, 0.29) is 5.41 Å². The molecule has 1 aromatic heterocycles. The van der Waals surface area contributed by atoms with Crippen LogP contribution < -0.4 is 10.6 Å². The second kappa shape index (κ2) is 7.80. The zero-order valence-electron chi connectivity index (χ0n) is 15.3. The number of benzene rings is 2. The first kappa shape index (κ1) is 18.9. The molecular weight excluding hydrogens is 437 g/mol. The molecule has 136 valence electrons. The van der Waals surface area contributed by atoms with Crippen molar-refractivity contribution in [1.82, 2.24) is 10.3 Å². The van der Waals surface area contributed by atoms with Gasteiger partial charge in [0, 0.05) is 45.2 Å². The van der Waals surface area contributed by atoms with Crippen LogP contribution in [0.15, 0.2) is 48.7 Å². The van der Waals surface area contributed by atoms with E-state index in [2.05, 4.69) is 77.2 Å². The van der Waals surface area contributed by atoms with Crippen LogP contribution in [-0.2, 0) is 6.54 Å². The predicted octanol–water partition coefficient (Wildman–Crippen LogP) is 5.42. The number of nitrogens with zero attached hydrogens (tertiary/aromatic N) is 1. The van der Waals surface area contributed by atoms with Gasteiger partial charge in [0.2, 0.25) is 0 Å². The molecule has 3 aromatic rings. The second-order valence-corrected chi connectivity index (χ2v) is 8.90. The molecule has 3 rings (SSSR count). The lowest BCUT2D eigenvalue weighted by atomic mass is 9.97. The summed E-state index contributed by atoms with van der Waals surface area (Å²) in [6, 6.07) is 13.8. The number of nitrogens with one attached hydrogen (secondary N) is 2. The molecule has 0 atom stereocenters. The molecule has 5 heteroatoms. The Kier molecular flexibility index (Phi) is 5.67. The van der Waals surface area contributed by atoms with Gasteiger partial charge in [-0.3, -0.25) is 4.98 Å². The second-order valence-electron chi connectivity index (χ2n) is 7.65. The van der Waals surface area contributed by atoms with Gasteiger partial charge in [0.25, 0.3) is 0 Å². The Morgan fingerprint density at radius 1 is 1.08 bits per heavy atom. The van der Waals surface area contributed by atoms with Crippen LogP contribution in [0.25, 0.3) is 10.9 Å². The van der Waals surface area contributed by atoms with Crippen LogP contribution in [0.5, 0.6) is 5.75 Å². The number of phenolic OH excluding ortho intramolecular Hbond substituents is 1. The normalized spacial score (nSPS) is 11.7. The number of aromatic nitrogens is 1. The third kappa shape index (κ3) is 4.86. The summed E-state index contributed by atoms with van der Waals surface area (Å²) in [6.07, 6.45) is 1.81. The monoisotopic (exact) mass is 461 g/mol. The van der Waals surface area contributed by atoms with Crippen LogP contribution in [0.3, 0.4) is 0 Å². The van der Waals surface area contributed by atoms with Crippen LogP contribution in [0.1, 0.15) is 26.3 Å². The summed E-state index contributed by atoms with van der Waals surface area (Å²) >= 11 is 2.29. The van der Waals surface area contributed by atoms with Crippen molar-refractivity contribution >= 4 is 44.9 Å². The van der Waals surface area contributed by atoms with Gasteiger partial charge in [0.15, 0.2) is 0 Å². The Hall–Kier alpha value is -1.86. The summed E-state index contributed by atoms with van der Waals surface area (Å²) in [4.78, 5) is 4.44. The minimum Gasteiger partial charge on any atom is -0.508 e. The number of halogens is 1. The van der Waals surface area contributed by atoms with Crippen LogP contribution in [0.4, 0.5) is 11.4 Å². The number of fused-ring (bicyclic) bond motifs is 1. The van der Waals surface area contributed by atoms with Crippen molar-refractivity contribution < 1.29 is 5.11 Å². The molecule has 0 aliphatic heterocycles. The highest BCUT2D eigenvalue weighted by Gasteiger charge is 2.10. The van der Waals surface area contributed by atoms with E-state index in [0.29, 0.717) is 12.3 Å². The minimum atomic E-state index is 0.207. The molecule has 0 saturated heterocycles. The number of hydrogen-bond acceptors (Lipinski definition) is 4. The fourth-order valence-corrected chi connectivity index (χ4v) is 3.24. The summed E-state index contributed by atoms with van der Waals surface area (Å²) in [5.74, 6) is 0.311. The summed E-state index contributed by atoms with van der Waals surface area (Å²) in [7, 11) is 0. The number of hydrogen-bond donors (Lipinski definition) is 3. The Morgan fingerprint density at radius 3 is 2.65 bits per heavy atom. The standard InChI is InChI=1S/C21H24IN3O/c1-21(2,3)13-23-12-14-10-16(5-7-20(14)26)25-18-8-9-24-19-11-15(22)4-6-17(18)19/h4-11,23,26H,12-13H2,1-3H3,(H,24,25). The molecule has 0 fully saturated rings. The van der Waals surface area contributed by atoms with Gasteiger partial charge >= 0.3 is 0 Å². The van der Waals surface area contributed by atoms with E-state index in [0.717, 1.165) is 38.0 Å². The Balaban J connectivity index is 1.81. The van der Waals surface area contributed by atoms with Gasteiger partial charge in [0.05, 0.1) is 5.52 Å². The first-order valence-electron chi connectivity index (χ1n) is 8.66. The molecule has 0 amide bonds. The molecule has 4 nitrogen and oxygen atoms in total. The van der Waals surface area contributed by atoms with Gasteiger partial charge < -0.3 is 15.7 Å². The molecular formula is C21H24IN3O. The summed E-state index contributed by atoms with van der Waals surface area (Å²) in [6.45, 7) is 8.08. The number of aromatic hydroxyl groups is 1. The topological polar surface area (TPSA) is 57.2 Å². The zero-order chi connectivity index (χ0) is 18.7. The first-order valence-corrected chi connectivity index (χ1v) is 9.74. The third-order valence-corrected chi connectivity index (χ3v) is 4.71. The molecule has 0 spiro atoms. The fraction of sp³-hybridized carbons (Fsp3) is 0.286. The lowest BCUT2D eigenvalue weighted by Gasteiger charge is -2.19. The Morgan fingerprint density at radius 2 is 1.88 bits per heavy atom. The maximum atomic E-state index is 10.2. The predicted molar refractivity (Wildman–Crippen MR) is 117 cm³/mol. The molecule has 2 aromatic carbocycles. The van der Waals surface area contributed by atoms with E-state index in [1.165, 1.54) is 0 Å². The van der Waals surface area contributed by atoms with Gasteiger partial charge in [0.1, 0.15) is 5.75 Å². The average Bonchev–Trinajstić information content (AvgIpc) is 2.56. The maximum absolute atomic E-state index is 10.2. The summed E-state index contributed by atoms with van der Waals surface area (Å²) < 4.78 is 1.16. The highest BCUT2D eigenvalue weighted by Crippen LogP contribution is 2.28. The largest absolute Gasteiger partial charge is 0.508 e. The molecule has 26 heavy (non-hydrogen) atoms. The van der Waals surface area contributed by atoms with Crippen molar-refractivity contribution in [3.63, 3.8) is 0 Å². The van der Waals surface area contributed by atoms with Gasteiger partial charge in [-0.2, -0.15) is 0 Å². The Bertz CT molecular complexity index is 919. The van der Waals surface area contributed by atoms with E-state index in [1.54, 1.807) is 6.07 Å². The molecule has 0 aliphatic carbocycles. The van der Waals surface area contributed by atoms with Crippen molar-refractivity contribution in [2.45, 2.75) is 27.3 Å². The maximum Gasteiger partial charge on any atom is 0.120 e. The van der Waals surface area contributed by atoms with Gasteiger partial charge in [-0.1, -0.05) is 20.8 Å². The number of rotatable bonds is 5. The highest BCUT2D eigenvalue weighted by molar-refractivity contribution is 14.1. The van der Waals surface area contributed by atoms with Crippen LogP contribution in [0.2, 0.25) is 0 Å². The molecule has 3 N–H and O–H groups in total. The van der Waals surface area contributed by atoms with Gasteiger partial charge in [-0.15, -0.1) is 0 Å².